The number of unbranched alkanes of at least 4 members (excludes halogenated alkanes) is 4. The topological polar surface area (TPSA) is 76.7 Å². The molecule has 0 saturated heterocycles. The maximum atomic E-state index is 12.2. The Morgan fingerprint density at radius 1 is 0.633 bits per heavy atom. The van der Waals surface area contributed by atoms with E-state index >= 15 is 0 Å². The molecule has 2 N–H and O–H groups in total. The van der Waals surface area contributed by atoms with Gasteiger partial charge in [0, 0.05) is 11.1 Å². The van der Waals surface area contributed by atoms with Crippen molar-refractivity contribution in [2.45, 2.75) is 52.4 Å². The highest BCUT2D eigenvalue weighted by Crippen LogP contribution is 2.14. The average molecular weight is 413 g/mol. The molecule has 0 unspecified atom stereocenters. The Balaban J connectivity index is 1.76. The zero-order valence-corrected chi connectivity index (χ0v) is 17.9. The van der Waals surface area contributed by atoms with E-state index in [-0.39, 0.29) is 0 Å². The fourth-order valence-electron chi connectivity index (χ4n) is 2.75. The van der Waals surface area contributed by atoms with E-state index in [1.165, 1.54) is 0 Å². The van der Waals surface area contributed by atoms with Crippen LogP contribution in [-0.4, -0.2) is 25.0 Å². The minimum atomic E-state index is -0.392. The third kappa shape index (κ3) is 8.15. The van der Waals surface area contributed by atoms with Crippen LogP contribution in [0.15, 0.2) is 48.5 Å². The van der Waals surface area contributed by atoms with E-state index in [1.807, 2.05) is 0 Å². The summed E-state index contributed by atoms with van der Waals surface area (Å²) in [6.07, 6.45) is 6.58. The second kappa shape index (κ2) is 13.2. The SMILES string of the molecule is CCCCCOc1ccc(C(=O)NNC(=O)c2ccc(OCCCCC)cc2)cc1. The number of benzene rings is 2. The van der Waals surface area contributed by atoms with Gasteiger partial charge in [0.2, 0.25) is 0 Å². The molecule has 2 aromatic rings. The van der Waals surface area contributed by atoms with Gasteiger partial charge in [-0.2, -0.15) is 0 Å². The first kappa shape index (κ1) is 23.3. The molecule has 6 heteroatoms. The number of hydrogen-bond donors (Lipinski definition) is 2. The van der Waals surface area contributed by atoms with Crippen LogP contribution in [0.5, 0.6) is 11.5 Å². The van der Waals surface area contributed by atoms with Crippen LogP contribution in [-0.2, 0) is 0 Å². The summed E-state index contributed by atoms with van der Waals surface area (Å²) in [5.74, 6) is 0.668. The van der Waals surface area contributed by atoms with Crippen molar-refractivity contribution in [3.63, 3.8) is 0 Å². The van der Waals surface area contributed by atoms with Crippen molar-refractivity contribution in [3.05, 3.63) is 59.7 Å². The molecule has 6 nitrogen and oxygen atoms in total. The highest BCUT2D eigenvalue weighted by molar-refractivity contribution is 5.99. The van der Waals surface area contributed by atoms with Gasteiger partial charge < -0.3 is 9.47 Å². The van der Waals surface area contributed by atoms with E-state index in [2.05, 4.69) is 24.7 Å². The molecule has 2 aromatic carbocycles. The molecular formula is C24H32N2O4. The molecule has 0 aliphatic heterocycles. The Hall–Kier alpha value is -3.02. The zero-order valence-electron chi connectivity index (χ0n) is 17.9. The lowest BCUT2D eigenvalue weighted by atomic mass is 10.2. The number of rotatable bonds is 12. The van der Waals surface area contributed by atoms with Gasteiger partial charge in [0.1, 0.15) is 11.5 Å². The summed E-state index contributed by atoms with van der Waals surface area (Å²) < 4.78 is 11.3. The highest BCUT2D eigenvalue weighted by atomic mass is 16.5. The monoisotopic (exact) mass is 412 g/mol. The van der Waals surface area contributed by atoms with Crippen LogP contribution in [0, 0.1) is 0 Å². The molecule has 0 saturated carbocycles. The third-order valence-electron chi connectivity index (χ3n) is 4.56. The third-order valence-corrected chi connectivity index (χ3v) is 4.56. The molecule has 0 aliphatic carbocycles. The summed E-state index contributed by atoms with van der Waals surface area (Å²) >= 11 is 0. The normalized spacial score (nSPS) is 10.3. The van der Waals surface area contributed by atoms with E-state index in [0.717, 1.165) is 50.0 Å². The Morgan fingerprint density at radius 2 is 1.00 bits per heavy atom. The van der Waals surface area contributed by atoms with Crippen LogP contribution in [0.1, 0.15) is 73.1 Å². The van der Waals surface area contributed by atoms with Gasteiger partial charge in [0.15, 0.2) is 0 Å². The zero-order chi connectivity index (χ0) is 21.6. The largest absolute Gasteiger partial charge is 0.494 e. The molecule has 162 valence electrons. The maximum absolute atomic E-state index is 12.2. The Morgan fingerprint density at radius 3 is 1.33 bits per heavy atom. The summed E-state index contributed by atoms with van der Waals surface area (Å²) in [4.78, 5) is 24.5. The first-order valence-electron chi connectivity index (χ1n) is 10.7. The first-order valence-corrected chi connectivity index (χ1v) is 10.7. The van der Waals surface area contributed by atoms with E-state index in [1.54, 1.807) is 48.5 Å². The molecule has 0 fully saturated rings. The van der Waals surface area contributed by atoms with Gasteiger partial charge in [-0.05, 0) is 61.4 Å². The molecule has 0 aromatic heterocycles. The lowest BCUT2D eigenvalue weighted by Crippen LogP contribution is -2.41. The number of carbonyl (C=O) groups is 2. The fourth-order valence-corrected chi connectivity index (χ4v) is 2.75. The molecule has 2 amide bonds. The quantitative estimate of drug-likeness (QED) is 0.384. The lowest BCUT2D eigenvalue weighted by Gasteiger charge is -2.10. The van der Waals surface area contributed by atoms with Crippen LogP contribution >= 0.6 is 0 Å². The standard InChI is InChI=1S/C24H32N2O4/c1-3-5-7-17-29-21-13-9-19(10-14-21)23(27)25-26-24(28)20-11-15-22(16-12-20)30-18-8-6-4-2/h9-16H,3-8,17-18H2,1-2H3,(H,25,27)(H,26,28). The molecule has 2 rings (SSSR count). The fraction of sp³-hybridized carbons (Fsp3) is 0.417. The number of hydrogen-bond acceptors (Lipinski definition) is 4. The summed E-state index contributed by atoms with van der Waals surface area (Å²) in [7, 11) is 0. The highest BCUT2D eigenvalue weighted by Gasteiger charge is 2.09. The maximum Gasteiger partial charge on any atom is 0.269 e. The number of amides is 2. The van der Waals surface area contributed by atoms with E-state index < -0.39 is 11.8 Å². The van der Waals surface area contributed by atoms with Crippen LogP contribution in [0.4, 0.5) is 0 Å². The number of nitrogens with one attached hydrogen (secondary N) is 2. The molecular weight excluding hydrogens is 380 g/mol. The van der Waals surface area contributed by atoms with Gasteiger partial charge in [-0.1, -0.05) is 39.5 Å². The Kier molecular flexibility index (Phi) is 10.3. The Labute approximate surface area is 178 Å². The first-order chi connectivity index (χ1) is 14.6. The van der Waals surface area contributed by atoms with Crippen LogP contribution in [0.2, 0.25) is 0 Å². The van der Waals surface area contributed by atoms with Gasteiger partial charge in [0.05, 0.1) is 13.2 Å². The van der Waals surface area contributed by atoms with Gasteiger partial charge in [-0.3, -0.25) is 20.4 Å². The van der Waals surface area contributed by atoms with Crippen molar-refractivity contribution in [1.82, 2.24) is 10.9 Å². The van der Waals surface area contributed by atoms with Crippen molar-refractivity contribution >= 4 is 11.8 Å². The van der Waals surface area contributed by atoms with Gasteiger partial charge in [-0.15, -0.1) is 0 Å². The number of hydrazine groups is 1. The van der Waals surface area contributed by atoms with Gasteiger partial charge >= 0.3 is 0 Å². The second-order valence-electron chi connectivity index (χ2n) is 7.07. The smallest absolute Gasteiger partial charge is 0.269 e. The number of ether oxygens (including phenoxy) is 2. The predicted octanol–water partition coefficient (Wildman–Crippen LogP) is 4.90. The van der Waals surface area contributed by atoms with Crippen LogP contribution in [0.25, 0.3) is 0 Å². The lowest BCUT2D eigenvalue weighted by molar-refractivity contribution is 0.0846. The number of carbonyl (C=O) groups excluding carboxylic acids is 2. The van der Waals surface area contributed by atoms with Crippen LogP contribution < -0.4 is 20.3 Å². The molecule has 0 atom stereocenters. The molecule has 0 aliphatic rings. The molecule has 0 radical (unpaired) electrons. The Bertz CT molecular complexity index is 705. The van der Waals surface area contributed by atoms with Crippen LogP contribution in [0.3, 0.4) is 0 Å². The predicted molar refractivity (Wildman–Crippen MR) is 118 cm³/mol. The summed E-state index contributed by atoms with van der Waals surface area (Å²) in [6.45, 7) is 5.62. The summed E-state index contributed by atoms with van der Waals surface area (Å²) in [6, 6.07) is 13.7. The second-order valence-corrected chi connectivity index (χ2v) is 7.07. The average Bonchev–Trinajstić information content (AvgIpc) is 2.78. The molecule has 30 heavy (non-hydrogen) atoms. The van der Waals surface area contributed by atoms with Gasteiger partial charge in [-0.25, -0.2) is 0 Å². The van der Waals surface area contributed by atoms with Crippen molar-refractivity contribution in [2.24, 2.45) is 0 Å². The molecule has 0 bridgehead atoms. The van der Waals surface area contributed by atoms with E-state index in [9.17, 15) is 9.59 Å². The van der Waals surface area contributed by atoms with Crippen molar-refractivity contribution in [2.75, 3.05) is 13.2 Å². The summed E-state index contributed by atoms with van der Waals surface area (Å²) in [5.41, 5.74) is 5.73. The summed E-state index contributed by atoms with van der Waals surface area (Å²) in [5, 5.41) is 0. The van der Waals surface area contributed by atoms with Crippen molar-refractivity contribution in [3.8, 4) is 11.5 Å². The van der Waals surface area contributed by atoms with E-state index in [4.69, 9.17) is 9.47 Å². The minimum absolute atomic E-state index is 0.392. The molecule has 0 spiro atoms. The van der Waals surface area contributed by atoms with Crippen molar-refractivity contribution < 1.29 is 19.1 Å². The molecule has 0 heterocycles. The van der Waals surface area contributed by atoms with Gasteiger partial charge in [0.25, 0.3) is 11.8 Å². The van der Waals surface area contributed by atoms with Crippen molar-refractivity contribution in [1.29, 1.82) is 0 Å². The minimum Gasteiger partial charge on any atom is -0.494 e. The van der Waals surface area contributed by atoms with E-state index in [0.29, 0.717) is 24.3 Å².